The number of amides is 1. The first-order chi connectivity index (χ1) is 14.0. The number of benzene rings is 3. The van der Waals surface area contributed by atoms with E-state index in [-0.39, 0.29) is 35.1 Å². The van der Waals surface area contributed by atoms with Crippen molar-refractivity contribution >= 4 is 21.6 Å². The molecule has 3 aromatic carbocycles. The zero-order valence-corrected chi connectivity index (χ0v) is 16.2. The summed E-state index contributed by atoms with van der Waals surface area (Å²) < 4.78 is 45.8. The second-order valence-corrected chi connectivity index (χ2v) is 7.70. The largest absolute Gasteiger partial charge is 0.492 e. The van der Waals surface area contributed by atoms with Gasteiger partial charge in [0.2, 0.25) is 0 Å². The lowest BCUT2D eigenvalue weighted by atomic mass is 10.1. The van der Waals surface area contributed by atoms with Gasteiger partial charge in [0.25, 0.3) is 15.9 Å². The zero-order chi connectivity index (χ0) is 20.7. The minimum atomic E-state index is -3.82. The van der Waals surface area contributed by atoms with E-state index in [2.05, 4.69) is 10.0 Å². The third-order valence-corrected chi connectivity index (χ3v) is 5.32. The van der Waals surface area contributed by atoms with E-state index in [4.69, 9.17) is 4.74 Å². The van der Waals surface area contributed by atoms with Crippen molar-refractivity contribution in [1.82, 2.24) is 5.32 Å². The van der Waals surface area contributed by atoms with Gasteiger partial charge in [0.05, 0.1) is 22.7 Å². The summed E-state index contributed by atoms with van der Waals surface area (Å²) in [6.45, 7) is 0.366. The van der Waals surface area contributed by atoms with Crippen LogP contribution in [0.15, 0.2) is 83.8 Å². The molecule has 0 saturated heterocycles. The van der Waals surface area contributed by atoms with Crippen molar-refractivity contribution in [1.29, 1.82) is 0 Å². The molecule has 0 radical (unpaired) electrons. The van der Waals surface area contributed by atoms with Gasteiger partial charge in [0.15, 0.2) is 0 Å². The predicted octanol–water partition coefficient (Wildman–Crippen LogP) is 3.44. The van der Waals surface area contributed by atoms with Crippen molar-refractivity contribution in [3.05, 3.63) is 90.2 Å². The van der Waals surface area contributed by atoms with Crippen LogP contribution < -0.4 is 14.8 Å². The first-order valence-electron chi connectivity index (χ1n) is 8.79. The van der Waals surface area contributed by atoms with E-state index >= 15 is 0 Å². The highest BCUT2D eigenvalue weighted by Crippen LogP contribution is 2.20. The Balaban J connectivity index is 1.62. The van der Waals surface area contributed by atoms with E-state index in [1.54, 1.807) is 30.3 Å². The van der Waals surface area contributed by atoms with Gasteiger partial charge in [-0.25, -0.2) is 12.8 Å². The molecule has 0 atom stereocenters. The Hall–Kier alpha value is -3.39. The molecule has 0 bridgehead atoms. The number of para-hydroxylation sites is 1. The average Bonchev–Trinajstić information content (AvgIpc) is 2.73. The van der Waals surface area contributed by atoms with Gasteiger partial charge in [-0.1, -0.05) is 30.3 Å². The second-order valence-electron chi connectivity index (χ2n) is 6.02. The number of hydrogen-bond donors (Lipinski definition) is 2. The Labute approximate surface area is 168 Å². The molecule has 0 aliphatic carbocycles. The van der Waals surface area contributed by atoms with Gasteiger partial charge in [-0.15, -0.1) is 0 Å². The highest BCUT2D eigenvalue weighted by Gasteiger charge is 2.18. The summed E-state index contributed by atoms with van der Waals surface area (Å²) in [6.07, 6.45) is 0. The van der Waals surface area contributed by atoms with E-state index < -0.39 is 15.9 Å². The molecule has 0 unspecified atom stereocenters. The number of nitrogens with one attached hydrogen (secondary N) is 2. The van der Waals surface area contributed by atoms with Gasteiger partial charge >= 0.3 is 0 Å². The summed E-state index contributed by atoms with van der Waals surface area (Å²) in [5.74, 6) is -0.323. The lowest BCUT2D eigenvalue weighted by molar-refractivity contribution is 0.0948. The van der Waals surface area contributed by atoms with Gasteiger partial charge < -0.3 is 10.1 Å². The molecule has 1 amide bonds. The molecule has 0 aliphatic rings. The Morgan fingerprint density at radius 2 is 1.55 bits per heavy atom. The summed E-state index contributed by atoms with van der Waals surface area (Å²) in [5.41, 5.74) is 0.363. The van der Waals surface area contributed by atoms with Gasteiger partial charge in [0, 0.05) is 0 Å². The minimum absolute atomic E-state index is 0.0999. The van der Waals surface area contributed by atoms with Crippen molar-refractivity contribution < 1.29 is 22.3 Å². The van der Waals surface area contributed by atoms with E-state index in [1.165, 1.54) is 48.5 Å². The molecule has 8 heteroatoms. The molecule has 0 spiro atoms. The second kappa shape index (κ2) is 9.20. The van der Waals surface area contributed by atoms with Crippen LogP contribution in [0.1, 0.15) is 10.4 Å². The molecule has 29 heavy (non-hydrogen) atoms. The number of halogens is 1. The third-order valence-electron chi connectivity index (χ3n) is 3.94. The highest BCUT2D eigenvalue weighted by molar-refractivity contribution is 7.92. The van der Waals surface area contributed by atoms with Crippen LogP contribution in [0.2, 0.25) is 0 Å². The van der Waals surface area contributed by atoms with Gasteiger partial charge in [-0.3, -0.25) is 9.52 Å². The standard InChI is InChI=1S/C21H19FN2O4S/c22-16-10-12-17(13-11-16)28-15-14-23-21(25)19-8-4-5-9-20(19)24-29(26,27)18-6-2-1-3-7-18/h1-13,24H,14-15H2,(H,23,25). The van der Waals surface area contributed by atoms with Crippen LogP contribution in [0.25, 0.3) is 0 Å². The number of carbonyl (C=O) groups excluding carboxylic acids is 1. The van der Waals surface area contributed by atoms with Crippen molar-refractivity contribution in [3.8, 4) is 5.75 Å². The topological polar surface area (TPSA) is 84.5 Å². The molecule has 6 nitrogen and oxygen atoms in total. The van der Waals surface area contributed by atoms with Crippen LogP contribution in [0, 0.1) is 5.82 Å². The smallest absolute Gasteiger partial charge is 0.261 e. The number of carbonyl (C=O) groups is 1. The average molecular weight is 414 g/mol. The third kappa shape index (κ3) is 5.55. The Kier molecular flexibility index (Phi) is 6.46. The maximum absolute atomic E-state index is 12.9. The predicted molar refractivity (Wildman–Crippen MR) is 108 cm³/mol. The van der Waals surface area contributed by atoms with Crippen LogP contribution in [0.5, 0.6) is 5.75 Å². The van der Waals surface area contributed by atoms with Gasteiger partial charge in [-0.05, 0) is 48.5 Å². The molecule has 0 saturated carbocycles. The summed E-state index contributed by atoms with van der Waals surface area (Å²) in [5, 5.41) is 2.67. The number of sulfonamides is 1. The molecule has 0 aliphatic heterocycles. The van der Waals surface area contributed by atoms with E-state index in [0.717, 1.165) is 0 Å². The Morgan fingerprint density at radius 3 is 2.28 bits per heavy atom. The van der Waals surface area contributed by atoms with E-state index in [0.29, 0.717) is 5.75 Å². The molecule has 0 aromatic heterocycles. The number of ether oxygens (including phenoxy) is 1. The van der Waals surface area contributed by atoms with Gasteiger partial charge in [0.1, 0.15) is 18.2 Å². The molecule has 2 N–H and O–H groups in total. The van der Waals surface area contributed by atoms with Crippen LogP contribution in [0.3, 0.4) is 0 Å². The quantitative estimate of drug-likeness (QED) is 0.553. The lowest BCUT2D eigenvalue weighted by Gasteiger charge is -2.13. The summed E-state index contributed by atoms with van der Waals surface area (Å²) in [4.78, 5) is 12.6. The summed E-state index contributed by atoms with van der Waals surface area (Å²) >= 11 is 0. The SMILES string of the molecule is O=C(NCCOc1ccc(F)cc1)c1ccccc1NS(=O)(=O)c1ccccc1. The Morgan fingerprint density at radius 1 is 0.897 bits per heavy atom. The first kappa shape index (κ1) is 20.3. The lowest BCUT2D eigenvalue weighted by Crippen LogP contribution is -2.29. The van der Waals surface area contributed by atoms with E-state index in [1.807, 2.05) is 0 Å². The molecule has 3 rings (SSSR count). The van der Waals surface area contributed by atoms with Crippen molar-refractivity contribution in [2.75, 3.05) is 17.9 Å². The summed E-state index contributed by atoms with van der Waals surface area (Å²) in [7, 11) is -3.82. The fourth-order valence-corrected chi connectivity index (χ4v) is 3.63. The molecular weight excluding hydrogens is 395 g/mol. The maximum Gasteiger partial charge on any atom is 0.261 e. The minimum Gasteiger partial charge on any atom is -0.492 e. The fourth-order valence-electron chi connectivity index (χ4n) is 2.53. The monoisotopic (exact) mass is 414 g/mol. The number of rotatable bonds is 8. The van der Waals surface area contributed by atoms with Crippen LogP contribution in [-0.2, 0) is 10.0 Å². The number of hydrogen-bond acceptors (Lipinski definition) is 4. The molecule has 0 heterocycles. The van der Waals surface area contributed by atoms with E-state index in [9.17, 15) is 17.6 Å². The highest BCUT2D eigenvalue weighted by atomic mass is 32.2. The molecule has 0 fully saturated rings. The first-order valence-corrected chi connectivity index (χ1v) is 10.3. The normalized spacial score (nSPS) is 10.9. The van der Waals surface area contributed by atoms with Crippen LogP contribution >= 0.6 is 0 Å². The molecule has 3 aromatic rings. The maximum atomic E-state index is 12.9. The van der Waals surface area contributed by atoms with Crippen LogP contribution in [0.4, 0.5) is 10.1 Å². The molecule has 150 valence electrons. The van der Waals surface area contributed by atoms with Crippen molar-refractivity contribution in [3.63, 3.8) is 0 Å². The Bertz CT molecular complexity index is 1070. The van der Waals surface area contributed by atoms with Crippen molar-refractivity contribution in [2.45, 2.75) is 4.90 Å². The molecular formula is C21H19FN2O4S. The van der Waals surface area contributed by atoms with Crippen molar-refractivity contribution in [2.24, 2.45) is 0 Å². The summed E-state index contributed by atoms with van der Waals surface area (Å²) in [6, 6.07) is 19.8. The van der Waals surface area contributed by atoms with Gasteiger partial charge in [-0.2, -0.15) is 0 Å². The van der Waals surface area contributed by atoms with Crippen LogP contribution in [-0.4, -0.2) is 27.5 Å². The zero-order valence-electron chi connectivity index (χ0n) is 15.3. The number of anilines is 1. The fraction of sp³-hybridized carbons (Fsp3) is 0.0952.